The lowest BCUT2D eigenvalue weighted by Gasteiger charge is -2.22. The van der Waals surface area contributed by atoms with Crippen LogP contribution in [0.2, 0.25) is 0 Å². The molecule has 0 aromatic heterocycles. The first-order chi connectivity index (χ1) is 8.64. The molecule has 0 spiro atoms. The average Bonchev–Trinajstić information content (AvgIpc) is 2.37. The van der Waals surface area contributed by atoms with Crippen molar-refractivity contribution in [2.24, 2.45) is 0 Å². The molecule has 0 radical (unpaired) electrons. The van der Waals surface area contributed by atoms with Gasteiger partial charge in [-0.15, -0.1) is 0 Å². The Morgan fingerprint density at radius 1 is 1.33 bits per heavy atom. The first-order valence-electron chi connectivity index (χ1n) is 6.28. The molecule has 0 aliphatic heterocycles. The van der Waals surface area contributed by atoms with Gasteiger partial charge in [0.05, 0.1) is 5.60 Å². The highest BCUT2D eigenvalue weighted by atomic mass is 16.5. The molecule has 0 bridgehead atoms. The highest BCUT2D eigenvalue weighted by Gasteiger charge is 2.18. The number of hydrogen-bond donors (Lipinski definition) is 2. The Bertz CT molecular complexity index is 347. The van der Waals surface area contributed by atoms with E-state index < -0.39 is 5.60 Å². The third-order valence-electron chi connectivity index (χ3n) is 2.72. The standard InChI is InChI=1S/C15H23NO2/c1-15(17,10-12-18-2)13-16-11-6-9-14-7-4-3-5-8-14/h3-9,16-17H,10-13H2,1-2H3/b9-6+. The van der Waals surface area contributed by atoms with E-state index in [0.717, 1.165) is 6.54 Å². The topological polar surface area (TPSA) is 41.5 Å². The molecule has 100 valence electrons. The van der Waals surface area contributed by atoms with Crippen LogP contribution in [0.25, 0.3) is 6.08 Å². The molecular weight excluding hydrogens is 226 g/mol. The van der Waals surface area contributed by atoms with Crippen LogP contribution in [0.1, 0.15) is 18.9 Å². The van der Waals surface area contributed by atoms with Gasteiger partial charge >= 0.3 is 0 Å². The van der Waals surface area contributed by atoms with Gasteiger partial charge in [-0.05, 0) is 12.5 Å². The van der Waals surface area contributed by atoms with Crippen molar-refractivity contribution in [1.29, 1.82) is 0 Å². The smallest absolute Gasteiger partial charge is 0.0765 e. The zero-order valence-corrected chi connectivity index (χ0v) is 11.2. The Hall–Kier alpha value is -1.16. The minimum atomic E-state index is -0.712. The predicted molar refractivity (Wildman–Crippen MR) is 75.5 cm³/mol. The van der Waals surface area contributed by atoms with Gasteiger partial charge in [0.1, 0.15) is 0 Å². The van der Waals surface area contributed by atoms with Gasteiger partial charge in [0.2, 0.25) is 0 Å². The van der Waals surface area contributed by atoms with Crippen molar-refractivity contribution in [2.45, 2.75) is 18.9 Å². The van der Waals surface area contributed by atoms with Crippen LogP contribution in [0.15, 0.2) is 36.4 Å². The van der Waals surface area contributed by atoms with Gasteiger partial charge in [0.25, 0.3) is 0 Å². The number of methoxy groups -OCH3 is 1. The van der Waals surface area contributed by atoms with Crippen LogP contribution in [-0.4, -0.2) is 37.5 Å². The average molecular weight is 249 g/mol. The second kappa shape index (κ2) is 8.03. The van der Waals surface area contributed by atoms with Gasteiger partial charge in [0, 0.05) is 33.2 Å². The quantitative estimate of drug-likeness (QED) is 0.693. The molecule has 0 saturated carbocycles. The summed E-state index contributed by atoms with van der Waals surface area (Å²) >= 11 is 0. The van der Waals surface area contributed by atoms with Crippen LogP contribution in [0.5, 0.6) is 0 Å². The molecule has 3 heteroatoms. The number of aliphatic hydroxyl groups is 1. The van der Waals surface area contributed by atoms with Crippen molar-refractivity contribution >= 4 is 6.08 Å². The van der Waals surface area contributed by atoms with Crippen LogP contribution >= 0.6 is 0 Å². The van der Waals surface area contributed by atoms with E-state index >= 15 is 0 Å². The number of hydrogen-bond acceptors (Lipinski definition) is 3. The van der Waals surface area contributed by atoms with Gasteiger partial charge in [-0.25, -0.2) is 0 Å². The maximum absolute atomic E-state index is 10.00. The molecule has 0 heterocycles. The molecule has 3 nitrogen and oxygen atoms in total. The van der Waals surface area contributed by atoms with Crippen LogP contribution in [0, 0.1) is 0 Å². The highest BCUT2D eigenvalue weighted by molar-refractivity contribution is 5.48. The first-order valence-corrected chi connectivity index (χ1v) is 6.28. The van der Waals surface area contributed by atoms with Crippen LogP contribution in [0.3, 0.4) is 0 Å². The Balaban J connectivity index is 2.20. The van der Waals surface area contributed by atoms with Crippen molar-refractivity contribution in [1.82, 2.24) is 5.32 Å². The van der Waals surface area contributed by atoms with E-state index in [1.165, 1.54) is 5.56 Å². The SMILES string of the molecule is COCCC(C)(O)CNC/C=C/c1ccccc1. The maximum atomic E-state index is 10.00. The molecule has 0 aliphatic rings. The number of ether oxygens (including phenoxy) is 1. The van der Waals surface area contributed by atoms with E-state index in [-0.39, 0.29) is 0 Å². The predicted octanol–water partition coefficient (Wildman–Crippen LogP) is 2.08. The minimum absolute atomic E-state index is 0.565. The second-order valence-corrected chi connectivity index (χ2v) is 4.68. The molecule has 2 N–H and O–H groups in total. The van der Waals surface area contributed by atoms with E-state index in [1.54, 1.807) is 7.11 Å². The van der Waals surface area contributed by atoms with E-state index in [4.69, 9.17) is 4.74 Å². The van der Waals surface area contributed by atoms with Crippen molar-refractivity contribution < 1.29 is 9.84 Å². The molecule has 1 aromatic carbocycles. The summed E-state index contributed by atoms with van der Waals surface area (Å²) in [4.78, 5) is 0. The van der Waals surface area contributed by atoms with E-state index in [2.05, 4.69) is 29.6 Å². The third-order valence-corrected chi connectivity index (χ3v) is 2.72. The lowest BCUT2D eigenvalue weighted by atomic mass is 10.0. The van der Waals surface area contributed by atoms with E-state index in [1.807, 2.05) is 25.1 Å². The molecule has 0 fully saturated rings. The first kappa shape index (κ1) is 14.9. The fraction of sp³-hybridized carbons (Fsp3) is 0.467. The fourth-order valence-electron chi connectivity index (χ4n) is 1.59. The molecular formula is C15H23NO2. The summed E-state index contributed by atoms with van der Waals surface area (Å²) in [5.41, 5.74) is 0.474. The summed E-state index contributed by atoms with van der Waals surface area (Å²) in [7, 11) is 1.64. The maximum Gasteiger partial charge on any atom is 0.0765 e. The van der Waals surface area contributed by atoms with Gasteiger partial charge in [0.15, 0.2) is 0 Å². The summed E-state index contributed by atoms with van der Waals surface area (Å²) in [5.74, 6) is 0. The Morgan fingerprint density at radius 2 is 2.06 bits per heavy atom. The summed E-state index contributed by atoms with van der Waals surface area (Å²) in [6.45, 7) is 3.71. The third kappa shape index (κ3) is 6.55. The van der Waals surface area contributed by atoms with Crippen LogP contribution < -0.4 is 5.32 Å². The summed E-state index contributed by atoms with van der Waals surface area (Å²) in [5, 5.41) is 13.2. The highest BCUT2D eigenvalue weighted by Crippen LogP contribution is 2.07. The van der Waals surface area contributed by atoms with Gasteiger partial charge < -0.3 is 15.2 Å². The molecule has 0 amide bonds. The minimum Gasteiger partial charge on any atom is -0.389 e. The molecule has 18 heavy (non-hydrogen) atoms. The van der Waals surface area contributed by atoms with Crippen LogP contribution in [-0.2, 0) is 4.74 Å². The Labute approximate surface area is 109 Å². The van der Waals surface area contributed by atoms with Gasteiger partial charge in [-0.1, -0.05) is 42.5 Å². The Kier molecular flexibility index (Phi) is 6.65. The normalized spacial score (nSPS) is 14.8. The molecule has 1 aromatic rings. The van der Waals surface area contributed by atoms with Gasteiger partial charge in [-0.2, -0.15) is 0 Å². The Morgan fingerprint density at radius 3 is 2.72 bits per heavy atom. The number of nitrogens with one attached hydrogen (secondary N) is 1. The van der Waals surface area contributed by atoms with Crippen molar-refractivity contribution in [3.05, 3.63) is 42.0 Å². The van der Waals surface area contributed by atoms with Crippen molar-refractivity contribution in [3.63, 3.8) is 0 Å². The van der Waals surface area contributed by atoms with Crippen molar-refractivity contribution in [2.75, 3.05) is 26.8 Å². The summed E-state index contributed by atoms with van der Waals surface area (Å²) in [6.07, 6.45) is 4.76. The second-order valence-electron chi connectivity index (χ2n) is 4.68. The molecule has 1 unspecified atom stereocenters. The fourth-order valence-corrected chi connectivity index (χ4v) is 1.59. The lowest BCUT2D eigenvalue weighted by Crippen LogP contribution is -2.38. The zero-order chi connectivity index (χ0) is 13.3. The lowest BCUT2D eigenvalue weighted by molar-refractivity contribution is 0.0258. The number of rotatable bonds is 8. The monoisotopic (exact) mass is 249 g/mol. The molecule has 1 atom stereocenters. The molecule has 0 saturated heterocycles. The number of benzene rings is 1. The summed E-state index contributed by atoms with van der Waals surface area (Å²) in [6, 6.07) is 10.2. The largest absolute Gasteiger partial charge is 0.389 e. The molecule has 0 aliphatic carbocycles. The van der Waals surface area contributed by atoms with E-state index in [0.29, 0.717) is 19.6 Å². The van der Waals surface area contributed by atoms with Crippen LogP contribution in [0.4, 0.5) is 0 Å². The zero-order valence-electron chi connectivity index (χ0n) is 11.2. The van der Waals surface area contributed by atoms with E-state index in [9.17, 15) is 5.11 Å². The van der Waals surface area contributed by atoms with Gasteiger partial charge in [-0.3, -0.25) is 0 Å². The summed E-state index contributed by atoms with van der Waals surface area (Å²) < 4.78 is 4.96. The molecule has 1 rings (SSSR count). The van der Waals surface area contributed by atoms with Crippen molar-refractivity contribution in [3.8, 4) is 0 Å².